The summed E-state index contributed by atoms with van der Waals surface area (Å²) in [5.74, 6) is 0.128. The fourth-order valence-corrected chi connectivity index (χ4v) is 1.84. The fraction of sp³-hybridized carbons (Fsp3) is 0.300. The first kappa shape index (κ1) is 11.6. The van der Waals surface area contributed by atoms with E-state index in [2.05, 4.69) is 9.97 Å². The van der Waals surface area contributed by atoms with Gasteiger partial charge in [0.2, 0.25) is 11.8 Å². The van der Waals surface area contributed by atoms with Crippen molar-refractivity contribution < 1.29 is 9.53 Å². The van der Waals surface area contributed by atoms with E-state index >= 15 is 0 Å². The monoisotopic (exact) mass is 252 g/mol. The van der Waals surface area contributed by atoms with Gasteiger partial charge in [-0.15, -0.1) is 0 Å². The molecule has 0 fully saturated rings. The van der Waals surface area contributed by atoms with Crippen LogP contribution in [-0.2, 0) is 11.3 Å². The number of hydrogen-bond donors (Lipinski definition) is 2. The second kappa shape index (κ2) is 4.54. The highest BCUT2D eigenvalue weighted by Gasteiger charge is 2.08. The molecule has 1 amide bonds. The highest BCUT2D eigenvalue weighted by molar-refractivity contribution is 7.71. The number of fused-ring (bicyclic) bond motifs is 1. The van der Waals surface area contributed by atoms with Crippen molar-refractivity contribution in [2.45, 2.75) is 13.0 Å². The first-order valence-electron chi connectivity index (χ1n) is 5.03. The maximum absolute atomic E-state index is 10.8. The molecule has 7 heteroatoms. The summed E-state index contributed by atoms with van der Waals surface area (Å²) in [5, 5.41) is 0. The lowest BCUT2D eigenvalue weighted by Gasteiger charge is -2.03. The number of rotatable bonds is 4. The number of primary amides is 1. The molecule has 2 heterocycles. The van der Waals surface area contributed by atoms with Crippen molar-refractivity contribution in [3.63, 3.8) is 0 Å². The van der Waals surface area contributed by atoms with Crippen molar-refractivity contribution in [3.05, 3.63) is 16.9 Å². The highest BCUT2D eigenvalue weighted by Crippen LogP contribution is 2.16. The van der Waals surface area contributed by atoms with Crippen molar-refractivity contribution in [3.8, 4) is 5.88 Å². The number of nitrogens with zero attached hydrogens (tertiary/aromatic N) is 2. The van der Waals surface area contributed by atoms with Gasteiger partial charge in [-0.1, -0.05) is 0 Å². The quantitative estimate of drug-likeness (QED) is 0.794. The number of methoxy groups -OCH3 is 1. The predicted octanol–water partition coefficient (Wildman–Crippen LogP) is 0.978. The van der Waals surface area contributed by atoms with Crippen LogP contribution in [0.15, 0.2) is 12.1 Å². The Labute approximate surface area is 102 Å². The van der Waals surface area contributed by atoms with Crippen molar-refractivity contribution in [1.29, 1.82) is 0 Å². The molecule has 0 atom stereocenters. The van der Waals surface area contributed by atoms with E-state index in [4.69, 9.17) is 22.7 Å². The molecule has 0 aliphatic rings. The number of amides is 1. The fourth-order valence-electron chi connectivity index (χ4n) is 1.56. The summed E-state index contributed by atoms with van der Waals surface area (Å²) in [6, 6.07) is 3.57. The molecule has 0 aliphatic heterocycles. The lowest BCUT2D eigenvalue weighted by atomic mass is 10.4. The number of pyridine rings is 1. The third-order valence-corrected chi connectivity index (χ3v) is 2.71. The molecule has 2 aromatic heterocycles. The van der Waals surface area contributed by atoms with Crippen molar-refractivity contribution in [2.75, 3.05) is 7.11 Å². The average molecular weight is 252 g/mol. The molecular formula is C10H12N4O2S. The van der Waals surface area contributed by atoms with Crippen LogP contribution in [0, 0.1) is 4.77 Å². The molecule has 0 aromatic carbocycles. The van der Waals surface area contributed by atoms with Gasteiger partial charge in [0.1, 0.15) is 0 Å². The Hall–Kier alpha value is -1.89. The number of aromatic nitrogens is 3. The molecule has 2 rings (SSSR count). The Balaban J connectivity index is 2.48. The number of ether oxygens (including phenoxy) is 1. The van der Waals surface area contributed by atoms with Crippen LogP contribution in [0.5, 0.6) is 5.88 Å². The van der Waals surface area contributed by atoms with Crippen molar-refractivity contribution in [1.82, 2.24) is 14.5 Å². The van der Waals surface area contributed by atoms with Crippen LogP contribution in [0.1, 0.15) is 6.42 Å². The number of aromatic amines is 1. The Morgan fingerprint density at radius 2 is 2.41 bits per heavy atom. The van der Waals surface area contributed by atoms with E-state index in [1.54, 1.807) is 17.7 Å². The van der Waals surface area contributed by atoms with Gasteiger partial charge in [0.25, 0.3) is 0 Å². The van der Waals surface area contributed by atoms with Gasteiger partial charge in [0.15, 0.2) is 10.4 Å². The second-order valence-corrected chi connectivity index (χ2v) is 3.91. The molecule has 0 saturated heterocycles. The van der Waals surface area contributed by atoms with Crippen LogP contribution in [0.3, 0.4) is 0 Å². The maximum Gasteiger partial charge on any atom is 0.219 e. The zero-order chi connectivity index (χ0) is 12.4. The van der Waals surface area contributed by atoms with E-state index in [9.17, 15) is 4.79 Å². The number of H-pyrrole nitrogens is 1. The van der Waals surface area contributed by atoms with Gasteiger partial charge in [0, 0.05) is 19.0 Å². The first-order valence-corrected chi connectivity index (χ1v) is 5.44. The molecule has 0 bridgehead atoms. The van der Waals surface area contributed by atoms with Gasteiger partial charge < -0.3 is 20.0 Å². The Kier molecular flexibility index (Phi) is 3.10. The third-order valence-electron chi connectivity index (χ3n) is 2.38. The normalized spacial score (nSPS) is 10.6. The molecule has 0 saturated carbocycles. The van der Waals surface area contributed by atoms with E-state index in [1.165, 1.54) is 0 Å². The number of carbonyl (C=O) groups is 1. The summed E-state index contributed by atoms with van der Waals surface area (Å²) in [5.41, 5.74) is 6.59. The molecule has 2 aromatic rings. The van der Waals surface area contributed by atoms with E-state index in [0.717, 1.165) is 5.52 Å². The van der Waals surface area contributed by atoms with Gasteiger partial charge >= 0.3 is 0 Å². The zero-order valence-corrected chi connectivity index (χ0v) is 10.1. The first-order chi connectivity index (χ1) is 8.11. The van der Waals surface area contributed by atoms with Gasteiger partial charge in [0.05, 0.1) is 12.6 Å². The molecule has 0 aliphatic carbocycles. The summed E-state index contributed by atoms with van der Waals surface area (Å²) >= 11 is 5.16. The predicted molar refractivity (Wildman–Crippen MR) is 65.3 cm³/mol. The Morgan fingerprint density at radius 3 is 3.06 bits per heavy atom. The molecule has 0 radical (unpaired) electrons. The molecule has 90 valence electrons. The minimum atomic E-state index is -0.371. The minimum Gasteiger partial charge on any atom is -0.481 e. The van der Waals surface area contributed by atoms with Crippen LogP contribution < -0.4 is 10.5 Å². The highest BCUT2D eigenvalue weighted by atomic mass is 32.1. The second-order valence-electron chi connectivity index (χ2n) is 3.52. The molecule has 0 spiro atoms. The van der Waals surface area contributed by atoms with Crippen molar-refractivity contribution in [2.24, 2.45) is 5.73 Å². The summed E-state index contributed by atoms with van der Waals surface area (Å²) in [6.45, 7) is 0.411. The van der Waals surface area contributed by atoms with Gasteiger partial charge in [-0.3, -0.25) is 4.79 Å². The van der Waals surface area contributed by atoms with E-state index < -0.39 is 0 Å². The lowest BCUT2D eigenvalue weighted by Crippen LogP contribution is -2.14. The Morgan fingerprint density at radius 1 is 1.65 bits per heavy atom. The van der Waals surface area contributed by atoms with Gasteiger partial charge in [-0.2, -0.15) is 4.98 Å². The van der Waals surface area contributed by atoms with Crippen LogP contribution in [-0.4, -0.2) is 27.6 Å². The SMILES string of the molecule is COc1ccc2[nH]c(=S)n(CCC(N)=O)c2n1. The summed E-state index contributed by atoms with van der Waals surface area (Å²) in [4.78, 5) is 18.1. The van der Waals surface area contributed by atoms with Gasteiger partial charge in [-0.05, 0) is 18.3 Å². The average Bonchev–Trinajstić information content (AvgIpc) is 2.61. The largest absolute Gasteiger partial charge is 0.481 e. The number of nitrogens with one attached hydrogen (secondary N) is 1. The van der Waals surface area contributed by atoms with Gasteiger partial charge in [-0.25, -0.2) is 0 Å². The third kappa shape index (κ3) is 2.28. The van der Waals surface area contributed by atoms with Crippen LogP contribution >= 0.6 is 12.2 Å². The molecule has 17 heavy (non-hydrogen) atoms. The topological polar surface area (TPSA) is 85.9 Å². The Bertz CT molecular complexity index is 616. The zero-order valence-electron chi connectivity index (χ0n) is 9.27. The number of imidazole rings is 1. The van der Waals surface area contributed by atoms with E-state index in [0.29, 0.717) is 22.8 Å². The summed E-state index contributed by atoms with van der Waals surface area (Å²) < 4.78 is 7.30. The molecule has 6 nitrogen and oxygen atoms in total. The number of hydrogen-bond acceptors (Lipinski definition) is 4. The smallest absolute Gasteiger partial charge is 0.219 e. The number of nitrogens with two attached hydrogens (primary N) is 1. The van der Waals surface area contributed by atoms with E-state index in [-0.39, 0.29) is 12.3 Å². The van der Waals surface area contributed by atoms with Crippen molar-refractivity contribution >= 4 is 29.3 Å². The number of carbonyl (C=O) groups excluding carboxylic acids is 1. The molecule has 0 unspecified atom stereocenters. The molecular weight excluding hydrogens is 240 g/mol. The molecule has 3 N–H and O–H groups in total. The van der Waals surface area contributed by atoms with Crippen LogP contribution in [0.2, 0.25) is 0 Å². The minimum absolute atomic E-state index is 0.222. The lowest BCUT2D eigenvalue weighted by molar-refractivity contribution is -0.118. The summed E-state index contributed by atoms with van der Waals surface area (Å²) in [6.07, 6.45) is 0.222. The van der Waals surface area contributed by atoms with E-state index in [1.807, 2.05) is 6.07 Å². The van der Waals surface area contributed by atoms with Crippen LogP contribution in [0.25, 0.3) is 11.2 Å². The van der Waals surface area contributed by atoms with Crippen LogP contribution in [0.4, 0.5) is 0 Å². The maximum atomic E-state index is 10.8. The summed E-state index contributed by atoms with van der Waals surface area (Å²) in [7, 11) is 1.54. The number of aryl methyl sites for hydroxylation is 1. The standard InChI is InChI=1S/C10H12N4O2S/c1-16-8-3-2-6-9(13-8)14(10(17)12-6)5-4-7(11)15/h2-3H,4-5H2,1H3,(H2,11,15)(H,12,17).